The van der Waals surface area contributed by atoms with E-state index in [4.69, 9.17) is 4.74 Å². The summed E-state index contributed by atoms with van der Waals surface area (Å²) >= 11 is 0. The van der Waals surface area contributed by atoms with Crippen LogP contribution in [0.4, 0.5) is 5.69 Å². The monoisotopic (exact) mass is 424 g/mol. The maximum atomic E-state index is 13.3. The second-order valence-corrected chi connectivity index (χ2v) is 8.66. The Balaban J connectivity index is 1.89. The van der Waals surface area contributed by atoms with Crippen LogP contribution in [0.15, 0.2) is 89.8 Å². The van der Waals surface area contributed by atoms with E-state index in [0.717, 1.165) is 5.56 Å². The van der Waals surface area contributed by atoms with Gasteiger partial charge in [-0.15, -0.1) is 0 Å². The van der Waals surface area contributed by atoms with Gasteiger partial charge in [-0.05, 0) is 29.8 Å². The average molecular weight is 425 g/mol. The van der Waals surface area contributed by atoms with Gasteiger partial charge in [-0.1, -0.05) is 54.6 Å². The first-order valence-corrected chi connectivity index (χ1v) is 10.9. The van der Waals surface area contributed by atoms with Crippen molar-refractivity contribution < 1.29 is 17.9 Å². The molecular formula is C23H24N2O4S. The summed E-state index contributed by atoms with van der Waals surface area (Å²) in [4.78, 5) is 14.6. The third-order valence-corrected chi connectivity index (χ3v) is 6.51. The number of carbonyl (C=O) groups excluding carboxylic acids is 1. The molecular weight excluding hydrogens is 400 g/mol. The standard InChI is InChI=1S/C23H24N2O4S/c1-24(20-12-9-13-21(16-20)29-2)23(26)18-25(17-19-10-5-3-6-11-19)30(27,28)22-14-7-4-8-15-22/h3-16H,17-18H2,1-2H3. The Kier molecular flexibility index (Phi) is 6.87. The number of amides is 1. The molecule has 0 spiro atoms. The Labute approximate surface area is 177 Å². The summed E-state index contributed by atoms with van der Waals surface area (Å²) < 4.78 is 33.0. The third-order valence-electron chi connectivity index (χ3n) is 4.71. The Bertz CT molecular complexity index is 1090. The molecule has 0 fully saturated rings. The topological polar surface area (TPSA) is 66.9 Å². The van der Waals surface area contributed by atoms with Gasteiger partial charge in [0, 0.05) is 25.3 Å². The molecule has 0 heterocycles. The van der Waals surface area contributed by atoms with Gasteiger partial charge in [0.15, 0.2) is 0 Å². The van der Waals surface area contributed by atoms with Gasteiger partial charge in [0.05, 0.1) is 18.6 Å². The largest absolute Gasteiger partial charge is 0.497 e. The van der Waals surface area contributed by atoms with Gasteiger partial charge in [-0.25, -0.2) is 8.42 Å². The number of hydrogen-bond acceptors (Lipinski definition) is 4. The van der Waals surface area contributed by atoms with Crippen molar-refractivity contribution in [3.63, 3.8) is 0 Å². The van der Waals surface area contributed by atoms with E-state index in [0.29, 0.717) is 11.4 Å². The fraction of sp³-hybridized carbons (Fsp3) is 0.174. The minimum absolute atomic E-state index is 0.0930. The minimum Gasteiger partial charge on any atom is -0.497 e. The Morgan fingerprint density at radius 1 is 0.900 bits per heavy atom. The maximum Gasteiger partial charge on any atom is 0.243 e. The number of likely N-dealkylation sites (N-methyl/N-ethyl adjacent to an activating group) is 1. The molecule has 0 atom stereocenters. The van der Waals surface area contributed by atoms with E-state index in [9.17, 15) is 13.2 Å². The highest BCUT2D eigenvalue weighted by Crippen LogP contribution is 2.22. The number of benzene rings is 3. The van der Waals surface area contributed by atoms with Crippen molar-refractivity contribution in [1.29, 1.82) is 0 Å². The number of methoxy groups -OCH3 is 1. The molecule has 0 bridgehead atoms. The lowest BCUT2D eigenvalue weighted by atomic mass is 10.2. The van der Waals surface area contributed by atoms with E-state index in [1.54, 1.807) is 56.6 Å². The first kappa shape index (κ1) is 21.5. The van der Waals surface area contributed by atoms with Gasteiger partial charge < -0.3 is 9.64 Å². The zero-order valence-corrected chi connectivity index (χ0v) is 17.7. The number of ether oxygens (including phenoxy) is 1. The first-order chi connectivity index (χ1) is 14.4. The van der Waals surface area contributed by atoms with Crippen molar-refractivity contribution in [3.8, 4) is 5.75 Å². The summed E-state index contributed by atoms with van der Waals surface area (Å²) in [6.07, 6.45) is 0. The Morgan fingerprint density at radius 3 is 2.17 bits per heavy atom. The van der Waals surface area contributed by atoms with Crippen LogP contribution in [0.1, 0.15) is 5.56 Å². The zero-order chi connectivity index (χ0) is 21.6. The Hall–Kier alpha value is -3.16. The van der Waals surface area contributed by atoms with E-state index in [1.165, 1.54) is 21.3 Å². The SMILES string of the molecule is COc1cccc(N(C)C(=O)CN(Cc2ccccc2)S(=O)(=O)c2ccccc2)c1. The van der Waals surface area contributed by atoms with Crippen molar-refractivity contribution in [1.82, 2.24) is 4.31 Å². The molecule has 3 aromatic rings. The number of carbonyl (C=O) groups is 1. The lowest BCUT2D eigenvalue weighted by Gasteiger charge is -2.25. The second-order valence-electron chi connectivity index (χ2n) is 6.73. The number of hydrogen-bond donors (Lipinski definition) is 0. The number of rotatable bonds is 8. The van der Waals surface area contributed by atoms with Crippen LogP contribution in [0.5, 0.6) is 5.75 Å². The highest BCUT2D eigenvalue weighted by atomic mass is 32.2. The lowest BCUT2D eigenvalue weighted by molar-refractivity contribution is -0.118. The first-order valence-electron chi connectivity index (χ1n) is 9.41. The molecule has 0 radical (unpaired) electrons. The molecule has 7 heteroatoms. The molecule has 156 valence electrons. The normalized spacial score (nSPS) is 11.3. The summed E-state index contributed by atoms with van der Waals surface area (Å²) in [5, 5.41) is 0. The molecule has 3 aromatic carbocycles. The van der Waals surface area contributed by atoms with Crippen LogP contribution in [-0.2, 0) is 21.4 Å². The van der Waals surface area contributed by atoms with Crippen LogP contribution in [0.2, 0.25) is 0 Å². The molecule has 0 N–H and O–H groups in total. The third kappa shape index (κ3) is 5.06. The Morgan fingerprint density at radius 2 is 1.53 bits per heavy atom. The summed E-state index contributed by atoms with van der Waals surface area (Å²) in [5.41, 5.74) is 1.42. The lowest BCUT2D eigenvalue weighted by Crippen LogP contribution is -2.41. The molecule has 0 saturated heterocycles. The number of sulfonamides is 1. The van der Waals surface area contributed by atoms with Crippen molar-refractivity contribution in [3.05, 3.63) is 90.5 Å². The van der Waals surface area contributed by atoms with E-state index < -0.39 is 10.0 Å². The molecule has 0 aliphatic heterocycles. The predicted molar refractivity (Wildman–Crippen MR) is 117 cm³/mol. The highest BCUT2D eigenvalue weighted by Gasteiger charge is 2.28. The predicted octanol–water partition coefficient (Wildman–Crippen LogP) is 3.55. The molecule has 0 saturated carbocycles. The summed E-state index contributed by atoms with van der Waals surface area (Å²) in [6.45, 7) is -0.199. The number of anilines is 1. The van der Waals surface area contributed by atoms with Crippen molar-refractivity contribution in [2.75, 3.05) is 25.6 Å². The van der Waals surface area contributed by atoms with Gasteiger partial charge in [0.1, 0.15) is 5.75 Å². The smallest absolute Gasteiger partial charge is 0.243 e. The quantitative estimate of drug-likeness (QED) is 0.555. The highest BCUT2D eigenvalue weighted by molar-refractivity contribution is 7.89. The van der Waals surface area contributed by atoms with Crippen LogP contribution in [0.25, 0.3) is 0 Å². The molecule has 30 heavy (non-hydrogen) atoms. The average Bonchev–Trinajstić information content (AvgIpc) is 2.79. The van der Waals surface area contributed by atoms with Crippen LogP contribution < -0.4 is 9.64 Å². The summed E-state index contributed by atoms with van der Waals surface area (Å²) in [7, 11) is -0.693. The second kappa shape index (κ2) is 9.56. The number of nitrogens with zero attached hydrogens (tertiary/aromatic N) is 2. The molecule has 0 aliphatic carbocycles. The molecule has 6 nitrogen and oxygen atoms in total. The van der Waals surface area contributed by atoms with Gasteiger partial charge in [-0.3, -0.25) is 4.79 Å². The molecule has 0 aliphatic rings. The summed E-state index contributed by atoms with van der Waals surface area (Å²) in [6, 6.07) is 24.4. The minimum atomic E-state index is -3.86. The van der Waals surface area contributed by atoms with Gasteiger partial charge in [-0.2, -0.15) is 4.31 Å². The molecule has 1 amide bonds. The van der Waals surface area contributed by atoms with E-state index in [-0.39, 0.29) is 23.9 Å². The van der Waals surface area contributed by atoms with Crippen molar-refractivity contribution in [2.45, 2.75) is 11.4 Å². The van der Waals surface area contributed by atoms with Crippen LogP contribution >= 0.6 is 0 Å². The fourth-order valence-electron chi connectivity index (χ4n) is 2.97. The van der Waals surface area contributed by atoms with Gasteiger partial charge >= 0.3 is 0 Å². The molecule has 3 rings (SSSR count). The molecule has 0 aromatic heterocycles. The van der Waals surface area contributed by atoms with Crippen molar-refractivity contribution in [2.24, 2.45) is 0 Å². The van der Waals surface area contributed by atoms with Crippen LogP contribution in [0.3, 0.4) is 0 Å². The van der Waals surface area contributed by atoms with Crippen molar-refractivity contribution >= 4 is 21.6 Å². The van der Waals surface area contributed by atoms with E-state index in [1.807, 2.05) is 30.3 Å². The molecule has 0 unspecified atom stereocenters. The summed E-state index contributed by atoms with van der Waals surface area (Å²) in [5.74, 6) is 0.267. The van der Waals surface area contributed by atoms with E-state index >= 15 is 0 Å². The van der Waals surface area contributed by atoms with Crippen LogP contribution in [-0.4, -0.2) is 39.3 Å². The van der Waals surface area contributed by atoms with Crippen LogP contribution in [0, 0.1) is 0 Å². The zero-order valence-electron chi connectivity index (χ0n) is 16.9. The fourth-order valence-corrected chi connectivity index (χ4v) is 4.37. The van der Waals surface area contributed by atoms with Gasteiger partial charge in [0.2, 0.25) is 15.9 Å². The maximum absolute atomic E-state index is 13.3. The van der Waals surface area contributed by atoms with Gasteiger partial charge in [0.25, 0.3) is 0 Å². The van der Waals surface area contributed by atoms with E-state index in [2.05, 4.69) is 0 Å².